The summed E-state index contributed by atoms with van der Waals surface area (Å²) in [5, 5.41) is 0. The molecule has 236 valence electrons. The van der Waals surface area contributed by atoms with Crippen LogP contribution in [0.25, 0.3) is 44.5 Å². The van der Waals surface area contributed by atoms with Crippen molar-refractivity contribution in [2.75, 3.05) is 4.90 Å². The molecule has 0 amide bonds. The molecule has 0 N–H and O–H groups in total. The van der Waals surface area contributed by atoms with Gasteiger partial charge in [-0.05, 0) is 104 Å². The van der Waals surface area contributed by atoms with Gasteiger partial charge in [0, 0.05) is 23.0 Å². The molecule has 0 saturated carbocycles. The van der Waals surface area contributed by atoms with Gasteiger partial charge < -0.3 is 4.90 Å². The van der Waals surface area contributed by atoms with Crippen LogP contribution in [-0.4, -0.2) is 0 Å². The van der Waals surface area contributed by atoms with Gasteiger partial charge >= 0.3 is 0 Å². The van der Waals surface area contributed by atoms with Gasteiger partial charge in [0.05, 0.1) is 0 Å². The van der Waals surface area contributed by atoms with Crippen molar-refractivity contribution in [1.82, 2.24) is 0 Å². The van der Waals surface area contributed by atoms with Gasteiger partial charge in [-0.15, -0.1) is 0 Å². The van der Waals surface area contributed by atoms with Crippen molar-refractivity contribution in [2.45, 2.75) is 5.92 Å². The molecular formula is C49H35N. The maximum absolute atomic E-state index is 2.41. The average Bonchev–Trinajstić information content (AvgIpc) is 3.53. The molecule has 8 aromatic rings. The Labute approximate surface area is 294 Å². The van der Waals surface area contributed by atoms with E-state index in [2.05, 4.69) is 211 Å². The summed E-state index contributed by atoms with van der Waals surface area (Å²) in [4.78, 5) is 2.35. The fraction of sp³-hybridized carbons (Fsp3) is 0.0204. The normalized spacial score (nSPS) is 13.0. The minimum atomic E-state index is 0.157. The summed E-state index contributed by atoms with van der Waals surface area (Å²) in [7, 11) is 0. The zero-order valence-electron chi connectivity index (χ0n) is 27.7. The first-order valence-corrected chi connectivity index (χ1v) is 17.3. The van der Waals surface area contributed by atoms with Crippen molar-refractivity contribution in [3.05, 3.63) is 223 Å². The highest BCUT2D eigenvalue weighted by molar-refractivity contribution is 5.88. The lowest BCUT2D eigenvalue weighted by atomic mass is 9.88. The Balaban J connectivity index is 1.09. The number of fused-ring (bicyclic) bond motifs is 3. The molecule has 0 aromatic heterocycles. The molecule has 1 aliphatic rings. The lowest BCUT2D eigenvalue weighted by molar-refractivity contribution is 1.01. The van der Waals surface area contributed by atoms with Crippen molar-refractivity contribution in [2.24, 2.45) is 0 Å². The predicted molar refractivity (Wildman–Crippen MR) is 210 cm³/mol. The second-order valence-electron chi connectivity index (χ2n) is 12.9. The van der Waals surface area contributed by atoms with E-state index in [0.29, 0.717) is 0 Å². The summed E-state index contributed by atoms with van der Waals surface area (Å²) in [6.45, 7) is 0. The first-order chi connectivity index (χ1) is 24.8. The SMILES string of the molecule is c1ccc(-c2ccc(-c3ccc(-c4ccc5c(c4)-c4ccc(N(c6ccccc6)c6ccccc6)cc4C5c4ccccc4)cc3)cc2)cc1. The summed E-state index contributed by atoms with van der Waals surface area (Å²) in [5.41, 5.74) is 17.4. The van der Waals surface area contributed by atoms with Gasteiger partial charge in [-0.3, -0.25) is 0 Å². The van der Waals surface area contributed by atoms with E-state index in [-0.39, 0.29) is 5.92 Å². The molecule has 0 bridgehead atoms. The first-order valence-electron chi connectivity index (χ1n) is 17.3. The molecule has 50 heavy (non-hydrogen) atoms. The van der Waals surface area contributed by atoms with Crippen molar-refractivity contribution >= 4 is 17.1 Å². The van der Waals surface area contributed by atoms with Crippen LogP contribution in [0.15, 0.2) is 206 Å². The van der Waals surface area contributed by atoms with Crippen LogP contribution in [0.5, 0.6) is 0 Å². The number of para-hydroxylation sites is 2. The lowest BCUT2D eigenvalue weighted by Gasteiger charge is -2.26. The quantitative estimate of drug-likeness (QED) is 0.168. The van der Waals surface area contributed by atoms with Crippen LogP contribution in [-0.2, 0) is 0 Å². The summed E-state index contributed by atoms with van der Waals surface area (Å²) >= 11 is 0. The molecule has 1 heteroatoms. The van der Waals surface area contributed by atoms with Gasteiger partial charge in [-0.1, -0.05) is 164 Å². The summed E-state index contributed by atoms with van der Waals surface area (Å²) in [6.07, 6.45) is 0. The molecule has 0 heterocycles. The summed E-state index contributed by atoms with van der Waals surface area (Å²) in [5.74, 6) is 0.157. The molecule has 8 aromatic carbocycles. The summed E-state index contributed by atoms with van der Waals surface area (Å²) in [6, 6.07) is 74.7. The number of benzene rings is 8. The van der Waals surface area contributed by atoms with E-state index in [1.165, 1.54) is 61.2 Å². The highest BCUT2D eigenvalue weighted by Gasteiger charge is 2.31. The van der Waals surface area contributed by atoms with Gasteiger partial charge in [-0.25, -0.2) is 0 Å². The van der Waals surface area contributed by atoms with Gasteiger partial charge in [0.1, 0.15) is 0 Å². The fourth-order valence-corrected chi connectivity index (χ4v) is 7.51. The number of nitrogens with zero attached hydrogens (tertiary/aromatic N) is 1. The average molecular weight is 638 g/mol. The Morgan fingerprint density at radius 1 is 0.280 bits per heavy atom. The molecule has 0 aliphatic heterocycles. The minimum Gasteiger partial charge on any atom is -0.310 e. The number of hydrogen-bond donors (Lipinski definition) is 0. The monoisotopic (exact) mass is 637 g/mol. The van der Waals surface area contributed by atoms with Gasteiger partial charge in [-0.2, -0.15) is 0 Å². The minimum absolute atomic E-state index is 0.157. The fourth-order valence-electron chi connectivity index (χ4n) is 7.51. The van der Waals surface area contributed by atoms with E-state index in [1.807, 2.05) is 0 Å². The Hall–Kier alpha value is -6.44. The van der Waals surface area contributed by atoms with Crippen molar-refractivity contribution in [3.8, 4) is 44.5 Å². The van der Waals surface area contributed by atoms with E-state index < -0.39 is 0 Å². The highest BCUT2D eigenvalue weighted by Crippen LogP contribution is 2.51. The van der Waals surface area contributed by atoms with E-state index in [0.717, 1.165) is 17.1 Å². The Bertz CT molecular complexity index is 2340. The third-order valence-electron chi connectivity index (χ3n) is 9.96. The smallest absolute Gasteiger partial charge is 0.0465 e. The van der Waals surface area contributed by atoms with Crippen LogP contribution >= 0.6 is 0 Å². The van der Waals surface area contributed by atoms with Crippen molar-refractivity contribution in [1.29, 1.82) is 0 Å². The van der Waals surface area contributed by atoms with E-state index in [4.69, 9.17) is 0 Å². The van der Waals surface area contributed by atoms with Gasteiger partial charge in [0.2, 0.25) is 0 Å². The second-order valence-corrected chi connectivity index (χ2v) is 12.9. The Kier molecular flexibility index (Phi) is 7.64. The maximum Gasteiger partial charge on any atom is 0.0465 e. The van der Waals surface area contributed by atoms with E-state index >= 15 is 0 Å². The molecule has 9 rings (SSSR count). The number of rotatable bonds is 7. The summed E-state index contributed by atoms with van der Waals surface area (Å²) < 4.78 is 0. The maximum atomic E-state index is 2.41. The predicted octanol–water partition coefficient (Wildman–Crippen LogP) is 13.3. The first kappa shape index (κ1) is 29.7. The molecule has 1 nitrogen and oxygen atoms in total. The van der Waals surface area contributed by atoms with Crippen molar-refractivity contribution < 1.29 is 0 Å². The van der Waals surface area contributed by atoms with E-state index in [9.17, 15) is 0 Å². The molecule has 1 unspecified atom stereocenters. The van der Waals surface area contributed by atoms with E-state index in [1.54, 1.807) is 0 Å². The highest BCUT2D eigenvalue weighted by atomic mass is 15.1. The van der Waals surface area contributed by atoms with Gasteiger partial charge in [0.15, 0.2) is 0 Å². The van der Waals surface area contributed by atoms with Crippen molar-refractivity contribution in [3.63, 3.8) is 0 Å². The van der Waals surface area contributed by atoms with Crippen LogP contribution in [0.1, 0.15) is 22.6 Å². The number of anilines is 3. The molecule has 0 spiro atoms. The molecule has 0 radical (unpaired) electrons. The Morgan fingerprint density at radius 2 is 0.720 bits per heavy atom. The zero-order chi connectivity index (χ0) is 33.3. The number of hydrogen-bond acceptors (Lipinski definition) is 1. The third-order valence-corrected chi connectivity index (χ3v) is 9.96. The third kappa shape index (κ3) is 5.49. The van der Waals surface area contributed by atoms with Gasteiger partial charge in [0.25, 0.3) is 0 Å². The molecule has 0 saturated heterocycles. The van der Waals surface area contributed by atoms with Crippen LogP contribution in [0.4, 0.5) is 17.1 Å². The molecule has 0 fully saturated rings. The Morgan fingerprint density at radius 3 is 1.26 bits per heavy atom. The standard InChI is InChI=1S/C49H35N/c1-5-13-35(14-6-1)36-21-23-37(24-22-36)38-25-27-39(28-26-38)41-29-31-46-47(33-41)45-32-30-44(34-48(45)49(46)40-15-7-2-8-16-40)50(42-17-9-3-10-18-42)43-19-11-4-12-20-43/h1-34,49H. The van der Waals surface area contributed by atoms with Crippen LogP contribution in [0.2, 0.25) is 0 Å². The largest absolute Gasteiger partial charge is 0.310 e. The lowest BCUT2D eigenvalue weighted by Crippen LogP contribution is -2.10. The zero-order valence-corrected chi connectivity index (χ0v) is 27.7. The second kappa shape index (κ2) is 12.9. The van der Waals surface area contributed by atoms with Crippen LogP contribution in [0.3, 0.4) is 0 Å². The molecular weight excluding hydrogens is 603 g/mol. The topological polar surface area (TPSA) is 3.24 Å². The van der Waals surface area contributed by atoms with Crippen LogP contribution in [0, 0.1) is 0 Å². The molecule has 1 aliphatic carbocycles. The molecule has 1 atom stereocenters. The van der Waals surface area contributed by atoms with Crippen LogP contribution < -0.4 is 4.90 Å².